The number of anilines is 1. The molecule has 1 heterocycles. The van der Waals surface area contributed by atoms with Crippen molar-refractivity contribution in [3.8, 4) is 0 Å². The first-order chi connectivity index (χ1) is 15.8. The molecule has 0 saturated heterocycles. The number of allylic oxidation sites excluding steroid dienone is 2. The van der Waals surface area contributed by atoms with Crippen LogP contribution in [0.5, 0.6) is 0 Å². The van der Waals surface area contributed by atoms with Gasteiger partial charge in [0.05, 0.1) is 12.2 Å². The third-order valence-corrected chi connectivity index (χ3v) is 6.27. The lowest BCUT2D eigenvalue weighted by atomic mass is 9.90. The summed E-state index contributed by atoms with van der Waals surface area (Å²) in [6, 6.07) is 7.89. The number of cyclic esters (lactones) is 1. The molecule has 0 amide bonds. The van der Waals surface area contributed by atoms with Crippen molar-refractivity contribution in [2.45, 2.75) is 57.3 Å². The van der Waals surface area contributed by atoms with Gasteiger partial charge < -0.3 is 19.5 Å². The minimum Gasteiger partial charge on any atom is -0.460 e. The van der Waals surface area contributed by atoms with E-state index in [0.717, 1.165) is 30.5 Å². The topological polar surface area (TPSA) is 76.1 Å². The van der Waals surface area contributed by atoms with Gasteiger partial charge >= 0.3 is 11.9 Å². The van der Waals surface area contributed by atoms with Crippen LogP contribution in [-0.2, 0) is 19.1 Å². The molecule has 178 valence electrons. The molecular formula is C27H35NO5. The SMILES string of the molecule is C[C@H]1CCC/C=C/[C@@H]2C[C@H](OC(=O)/C=C/c3ccc(N(C)C)cc3)C[C@H]2[C@H](O)C=CC(=O)O1. The maximum atomic E-state index is 12.4. The van der Waals surface area contributed by atoms with Crippen molar-refractivity contribution < 1.29 is 24.2 Å². The Labute approximate surface area is 196 Å². The molecule has 3 rings (SSSR count). The van der Waals surface area contributed by atoms with Crippen molar-refractivity contribution in [2.75, 3.05) is 19.0 Å². The average molecular weight is 454 g/mol. The van der Waals surface area contributed by atoms with Crippen LogP contribution >= 0.6 is 0 Å². The van der Waals surface area contributed by atoms with E-state index in [1.54, 1.807) is 6.08 Å². The molecule has 0 aromatic heterocycles. The Hall–Kier alpha value is -2.86. The van der Waals surface area contributed by atoms with Crippen molar-refractivity contribution in [2.24, 2.45) is 11.8 Å². The predicted octanol–water partition coefficient (Wildman–Crippen LogP) is 4.29. The van der Waals surface area contributed by atoms with E-state index >= 15 is 0 Å². The second-order valence-electron chi connectivity index (χ2n) is 9.13. The first-order valence-corrected chi connectivity index (χ1v) is 11.7. The molecule has 1 fully saturated rings. The number of hydrogen-bond donors (Lipinski definition) is 1. The Morgan fingerprint density at radius 3 is 2.67 bits per heavy atom. The predicted molar refractivity (Wildman–Crippen MR) is 130 cm³/mol. The van der Waals surface area contributed by atoms with E-state index in [0.29, 0.717) is 12.8 Å². The zero-order valence-corrected chi connectivity index (χ0v) is 19.7. The van der Waals surface area contributed by atoms with Crippen LogP contribution < -0.4 is 4.90 Å². The van der Waals surface area contributed by atoms with Gasteiger partial charge in [0.1, 0.15) is 6.10 Å². The summed E-state index contributed by atoms with van der Waals surface area (Å²) in [4.78, 5) is 26.4. The molecule has 0 unspecified atom stereocenters. The van der Waals surface area contributed by atoms with Gasteiger partial charge in [0.25, 0.3) is 0 Å². The number of aliphatic hydroxyl groups is 1. The lowest BCUT2D eigenvalue weighted by Gasteiger charge is -2.19. The quantitative estimate of drug-likeness (QED) is 0.416. The molecule has 33 heavy (non-hydrogen) atoms. The summed E-state index contributed by atoms with van der Waals surface area (Å²) >= 11 is 0. The third-order valence-electron chi connectivity index (χ3n) is 6.27. The summed E-state index contributed by atoms with van der Waals surface area (Å²) in [5, 5.41) is 10.7. The highest BCUT2D eigenvalue weighted by molar-refractivity contribution is 5.87. The first-order valence-electron chi connectivity index (χ1n) is 11.7. The molecule has 6 heteroatoms. The Balaban J connectivity index is 1.61. The van der Waals surface area contributed by atoms with Crippen LogP contribution in [-0.4, -0.2) is 49.5 Å². The second kappa shape index (κ2) is 11.8. The van der Waals surface area contributed by atoms with Crippen LogP contribution in [0.25, 0.3) is 6.08 Å². The fourth-order valence-corrected chi connectivity index (χ4v) is 4.43. The van der Waals surface area contributed by atoms with Gasteiger partial charge in [-0.25, -0.2) is 9.59 Å². The van der Waals surface area contributed by atoms with Gasteiger partial charge in [-0.3, -0.25) is 0 Å². The number of esters is 2. The monoisotopic (exact) mass is 453 g/mol. The molecule has 1 aromatic carbocycles. The van der Waals surface area contributed by atoms with Crippen LogP contribution in [0, 0.1) is 11.8 Å². The molecule has 5 atom stereocenters. The summed E-state index contributed by atoms with van der Waals surface area (Å²) in [7, 11) is 3.96. The molecule has 0 radical (unpaired) electrons. The third kappa shape index (κ3) is 7.60. The summed E-state index contributed by atoms with van der Waals surface area (Å²) in [6.45, 7) is 1.88. The van der Waals surface area contributed by atoms with Gasteiger partial charge in [-0.1, -0.05) is 24.3 Å². The van der Waals surface area contributed by atoms with E-state index in [2.05, 4.69) is 12.2 Å². The van der Waals surface area contributed by atoms with Gasteiger partial charge in [0, 0.05) is 31.9 Å². The summed E-state index contributed by atoms with van der Waals surface area (Å²) in [5.74, 6) is -0.866. The minimum absolute atomic E-state index is 0.0826. The van der Waals surface area contributed by atoms with E-state index in [4.69, 9.17) is 9.47 Å². The van der Waals surface area contributed by atoms with Crippen molar-refractivity contribution >= 4 is 23.7 Å². The minimum atomic E-state index is -0.808. The van der Waals surface area contributed by atoms with Crippen LogP contribution in [0.2, 0.25) is 0 Å². The number of benzene rings is 1. The number of fused-ring (bicyclic) bond motifs is 1. The van der Waals surface area contributed by atoms with Gasteiger partial charge in [-0.2, -0.15) is 0 Å². The van der Waals surface area contributed by atoms with Gasteiger partial charge in [0.2, 0.25) is 0 Å². The largest absolute Gasteiger partial charge is 0.460 e. The molecule has 1 aliphatic heterocycles. The molecule has 0 bridgehead atoms. The Kier molecular flexibility index (Phi) is 8.89. The second-order valence-corrected chi connectivity index (χ2v) is 9.13. The highest BCUT2D eigenvalue weighted by Crippen LogP contribution is 2.38. The van der Waals surface area contributed by atoms with E-state index in [9.17, 15) is 14.7 Å². The number of nitrogens with zero attached hydrogens (tertiary/aromatic N) is 1. The number of ether oxygens (including phenoxy) is 2. The number of aliphatic hydroxyl groups excluding tert-OH is 1. The molecule has 1 aromatic rings. The molecule has 1 saturated carbocycles. The molecule has 6 nitrogen and oxygen atoms in total. The highest BCUT2D eigenvalue weighted by atomic mass is 16.5. The van der Waals surface area contributed by atoms with Crippen molar-refractivity contribution in [3.05, 3.63) is 60.2 Å². The first kappa shape index (κ1) is 24.8. The molecule has 2 aliphatic rings. The van der Waals surface area contributed by atoms with Crippen molar-refractivity contribution in [1.29, 1.82) is 0 Å². The summed E-state index contributed by atoms with van der Waals surface area (Å²) in [5.41, 5.74) is 2.01. The van der Waals surface area contributed by atoms with Crippen LogP contribution in [0.4, 0.5) is 5.69 Å². The van der Waals surface area contributed by atoms with Crippen LogP contribution in [0.1, 0.15) is 44.6 Å². The van der Waals surface area contributed by atoms with Crippen molar-refractivity contribution in [3.63, 3.8) is 0 Å². The maximum Gasteiger partial charge on any atom is 0.331 e. The number of carbonyl (C=O) groups is 2. The Bertz CT molecular complexity index is 886. The summed E-state index contributed by atoms with van der Waals surface area (Å²) in [6.07, 6.45) is 12.8. The fourth-order valence-electron chi connectivity index (χ4n) is 4.43. The molecule has 1 aliphatic carbocycles. The molecular weight excluding hydrogens is 418 g/mol. The lowest BCUT2D eigenvalue weighted by Crippen LogP contribution is -2.22. The van der Waals surface area contributed by atoms with Crippen molar-refractivity contribution in [1.82, 2.24) is 0 Å². The fraction of sp³-hybridized carbons (Fsp3) is 0.481. The summed E-state index contributed by atoms with van der Waals surface area (Å²) < 4.78 is 11.0. The Morgan fingerprint density at radius 2 is 1.94 bits per heavy atom. The van der Waals surface area contributed by atoms with E-state index in [1.807, 2.05) is 50.2 Å². The van der Waals surface area contributed by atoms with Crippen LogP contribution in [0.3, 0.4) is 0 Å². The van der Waals surface area contributed by atoms with Crippen LogP contribution in [0.15, 0.2) is 54.6 Å². The Morgan fingerprint density at radius 1 is 1.18 bits per heavy atom. The standard InChI is InChI=1S/C27H35NO5/c1-19-7-5-4-6-8-21-17-23(18-24(21)25(29)14-16-26(30)32-19)33-27(31)15-11-20-9-12-22(13-10-20)28(2)3/h6,8-16,19,21,23-25,29H,4-5,7,17-18H2,1-3H3/b8-6+,15-11+,16-14?/t19-,21+,23-,24+,25+/m0/s1. The highest BCUT2D eigenvalue weighted by Gasteiger charge is 2.38. The van der Waals surface area contributed by atoms with Gasteiger partial charge in [0.15, 0.2) is 0 Å². The van der Waals surface area contributed by atoms with Gasteiger partial charge in [-0.05, 0) is 80.7 Å². The van der Waals surface area contributed by atoms with E-state index in [-0.39, 0.29) is 24.0 Å². The zero-order valence-electron chi connectivity index (χ0n) is 19.7. The molecule has 1 N–H and O–H groups in total. The van der Waals surface area contributed by atoms with Gasteiger partial charge in [-0.15, -0.1) is 0 Å². The maximum absolute atomic E-state index is 12.4. The number of carbonyl (C=O) groups excluding carboxylic acids is 2. The smallest absolute Gasteiger partial charge is 0.331 e. The molecule has 0 spiro atoms. The normalized spacial score (nSPS) is 29.3. The zero-order chi connectivity index (χ0) is 23.8. The van der Waals surface area contributed by atoms with E-state index in [1.165, 1.54) is 18.2 Å². The average Bonchev–Trinajstić information content (AvgIpc) is 3.18. The van der Waals surface area contributed by atoms with E-state index < -0.39 is 18.0 Å². The number of hydrogen-bond acceptors (Lipinski definition) is 6. The lowest BCUT2D eigenvalue weighted by molar-refractivity contribution is -0.143. The number of rotatable bonds is 4.